The molecular formula is C14H11ClNO5S-. The number of rotatable bonds is 5. The fraction of sp³-hybridized carbons (Fsp3) is 0.0714. The van der Waals surface area contributed by atoms with Crippen LogP contribution >= 0.6 is 11.6 Å². The van der Waals surface area contributed by atoms with E-state index in [1.807, 2.05) is 0 Å². The van der Waals surface area contributed by atoms with Gasteiger partial charge in [0.05, 0.1) is 23.8 Å². The third-order valence-corrected chi connectivity index (χ3v) is 4.52. The van der Waals surface area contributed by atoms with E-state index in [9.17, 15) is 18.3 Å². The summed E-state index contributed by atoms with van der Waals surface area (Å²) in [7, 11) is -2.80. The summed E-state index contributed by atoms with van der Waals surface area (Å²) in [6, 6.07) is 9.67. The van der Waals surface area contributed by atoms with E-state index in [4.69, 9.17) is 16.3 Å². The molecule has 1 N–H and O–H groups in total. The number of methoxy groups -OCH3 is 1. The lowest BCUT2D eigenvalue weighted by atomic mass is 10.2. The average Bonchev–Trinajstić information content (AvgIpc) is 2.48. The zero-order chi connectivity index (χ0) is 16.3. The number of hydrogen-bond donors (Lipinski definition) is 1. The van der Waals surface area contributed by atoms with Crippen LogP contribution in [0.2, 0.25) is 5.02 Å². The topological polar surface area (TPSA) is 95.5 Å². The summed E-state index contributed by atoms with van der Waals surface area (Å²) in [6.07, 6.45) is 0. The van der Waals surface area contributed by atoms with Gasteiger partial charge in [0.1, 0.15) is 10.6 Å². The molecule has 0 spiro atoms. The molecule has 0 aliphatic heterocycles. The Morgan fingerprint density at radius 3 is 2.50 bits per heavy atom. The Morgan fingerprint density at radius 2 is 1.91 bits per heavy atom. The van der Waals surface area contributed by atoms with Gasteiger partial charge in [0.25, 0.3) is 10.0 Å². The molecule has 0 amide bonds. The maximum absolute atomic E-state index is 12.4. The average molecular weight is 341 g/mol. The van der Waals surface area contributed by atoms with Crippen LogP contribution in [0.3, 0.4) is 0 Å². The highest BCUT2D eigenvalue weighted by Crippen LogP contribution is 2.29. The Hall–Kier alpha value is -2.25. The van der Waals surface area contributed by atoms with Gasteiger partial charge in [0, 0.05) is 0 Å². The summed E-state index contributed by atoms with van der Waals surface area (Å²) in [6.45, 7) is 0. The summed E-state index contributed by atoms with van der Waals surface area (Å²) in [5.74, 6) is -1.48. The molecule has 0 fully saturated rings. The van der Waals surface area contributed by atoms with E-state index in [1.54, 1.807) is 12.1 Å². The first-order chi connectivity index (χ1) is 10.3. The molecule has 0 radical (unpaired) electrons. The predicted molar refractivity (Wildman–Crippen MR) is 79.6 cm³/mol. The lowest BCUT2D eigenvalue weighted by Crippen LogP contribution is -2.23. The highest BCUT2D eigenvalue weighted by Gasteiger charge is 2.21. The van der Waals surface area contributed by atoms with Gasteiger partial charge in [-0.15, -0.1) is 0 Å². The van der Waals surface area contributed by atoms with E-state index in [1.165, 1.54) is 31.4 Å². The van der Waals surface area contributed by atoms with Crippen molar-refractivity contribution >= 4 is 33.3 Å². The quantitative estimate of drug-likeness (QED) is 0.890. The molecule has 2 rings (SSSR count). The van der Waals surface area contributed by atoms with Crippen molar-refractivity contribution in [3.63, 3.8) is 0 Å². The van der Waals surface area contributed by atoms with Crippen LogP contribution in [0.25, 0.3) is 0 Å². The monoisotopic (exact) mass is 340 g/mol. The second-order valence-corrected chi connectivity index (χ2v) is 6.30. The third-order valence-electron chi connectivity index (χ3n) is 2.81. The zero-order valence-corrected chi connectivity index (χ0v) is 12.9. The molecule has 8 heteroatoms. The molecule has 6 nitrogen and oxygen atoms in total. The van der Waals surface area contributed by atoms with Gasteiger partial charge in [-0.25, -0.2) is 8.42 Å². The number of carboxylic acids is 1. The molecular weight excluding hydrogens is 330 g/mol. The van der Waals surface area contributed by atoms with Gasteiger partial charge in [-0.05, 0) is 35.9 Å². The fourth-order valence-corrected chi connectivity index (χ4v) is 3.27. The van der Waals surface area contributed by atoms with E-state index in [-0.39, 0.29) is 26.9 Å². The molecule has 2 aromatic carbocycles. The first-order valence-corrected chi connectivity index (χ1v) is 7.88. The van der Waals surface area contributed by atoms with Gasteiger partial charge in [0.15, 0.2) is 0 Å². The van der Waals surface area contributed by atoms with Crippen LogP contribution in [-0.2, 0) is 10.0 Å². The number of hydrogen-bond acceptors (Lipinski definition) is 5. The van der Waals surface area contributed by atoms with Crippen molar-refractivity contribution < 1.29 is 23.1 Å². The largest absolute Gasteiger partial charge is 0.545 e. The molecule has 116 valence electrons. The predicted octanol–water partition coefficient (Wildman–Crippen LogP) is 1.51. The Morgan fingerprint density at radius 1 is 1.23 bits per heavy atom. The molecule has 0 aromatic heterocycles. The van der Waals surface area contributed by atoms with E-state index in [2.05, 4.69) is 4.72 Å². The first-order valence-electron chi connectivity index (χ1n) is 6.02. The van der Waals surface area contributed by atoms with Crippen molar-refractivity contribution in [2.45, 2.75) is 4.90 Å². The molecule has 2 aromatic rings. The van der Waals surface area contributed by atoms with Gasteiger partial charge >= 0.3 is 0 Å². The fourth-order valence-electron chi connectivity index (χ4n) is 1.76. The maximum atomic E-state index is 12.4. The Kier molecular flexibility index (Phi) is 4.58. The number of carbonyl (C=O) groups excluding carboxylic acids is 1. The van der Waals surface area contributed by atoms with Crippen LogP contribution in [0.1, 0.15) is 10.4 Å². The first kappa shape index (κ1) is 16.1. The number of carbonyl (C=O) groups is 1. The van der Waals surface area contributed by atoms with Crippen LogP contribution in [0.4, 0.5) is 5.69 Å². The molecule has 0 atom stereocenters. The molecule has 0 unspecified atom stereocenters. The van der Waals surface area contributed by atoms with E-state index in [0.717, 1.165) is 6.07 Å². The second kappa shape index (κ2) is 6.25. The van der Waals surface area contributed by atoms with Gasteiger partial charge in [-0.3, -0.25) is 4.72 Å². The minimum atomic E-state index is -4.09. The lowest BCUT2D eigenvalue weighted by Gasteiger charge is -2.14. The summed E-state index contributed by atoms with van der Waals surface area (Å²) < 4.78 is 32.1. The molecule has 0 aliphatic carbocycles. The highest BCUT2D eigenvalue weighted by atomic mass is 35.5. The number of aromatic carboxylic acids is 1. The van der Waals surface area contributed by atoms with Crippen molar-refractivity contribution in [3.05, 3.63) is 53.1 Å². The number of benzene rings is 2. The molecule has 0 saturated carbocycles. The van der Waals surface area contributed by atoms with Gasteiger partial charge < -0.3 is 14.6 Å². The third kappa shape index (κ3) is 3.32. The minimum absolute atomic E-state index is 0.00422. The van der Waals surface area contributed by atoms with Crippen LogP contribution < -0.4 is 14.6 Å². The van der Waals surface area contributed by atoms with Crippen molar-refractivity contribution in [2.75, 3.05) is 11.8 Å². The number of halogens is 1. The van der Waals surface area contributed by atoms with Crippen LogP contribution in [-0.4, -0.2) is 21.5 Å². The Bertz CT molecular complexity index is 820. The number of para-hydroxylation sites is 1. The van der Waals surface area contributed by atoms with Crippen molar-refractivity contribution in [3.8, 4) is 5.75 Å². The second-order valence-electron chi connectivity index (χ2n) is 4.24. The summed E-state index contributed by atoms with van der Waals surface area (Å²) in [5.41, 5.74) is -0.106. The van der Waals surface area contributed by atoms with Crippen molar-refractivity contribution in [2.24, 2.45) is 0 Å². The number of sulfonamides is 1. The Labute approximate surface area is 132 Å². The number of ether oxygens (including phenoxy) is 1. The highest BCUT2D eigenvalue weighted by molar-refractivity contribution is 7.92. The summed E-state index contributed by atoms with van der Waals surface area (Å²) in [5, 5.41) is 11.1. The lowest BCUT2D eigenvalue weighted by molar-refractivity contribution is -0.255. The molecule has 22 heavy (non-hydrogen) atoms. The van der Waals surface area contributed by atoms with Gasteiger partial charge in [-0.1, -0.05) is 23.7 Å². The SMILES string of the molecule is COc1ccc(C(=O)[O-])cc1S(=O)(=O)Nc1ccccc1Cl. The van der Waals surface area contributed by atoms with E-state index >= 15 is 0 Å². The standard InChI is InChI=1S/C14H12ClNO5S/c1-21-12-7-6-9(14(17)18)8-13(12)22(19,20)16-11-5-3-2-4-10(11)15/h2-8,16H,1H3,(H,17,18)/p-1. The zero-order valence-electron chi connectivity index (χ0n) is 11.4. The van der Waals surface area contributed by atoms with Crippen molar-refractivity contribution in [1.82, 2.24) is 0 Å². The smallest absolute Gasteiger partial charge is 0.265 e. The minimum Gasteiger partial charge on any atom is -0.545 e. The maximum Gasteiger partial charge on any atom is 0.265 e. The van der Waals surface area contributed by atoms with Crippen LogP contribution in [0, 0.1) is 0 Å². The van der Waals surface area contributed by atoms with Crippen LogP contribution in [0.15, 0.2) is 47.4 Å². The number of carboxylic acid groups (broad SMARTS) is 1. The van der Waals surface area contributed by atoms with E-state index in [0.29, 0.717) is 0 Å². The van der Waals surface area contributed by atoms with Gasteiger partial charge in [-0.2, -0.15) is 0 Å². The van der Waals surface area contributed by atoms with Crippen LogP contribution in [0.5, 0.6) is 5.75 Å². The molecule has 0 aliphatic rings. The number of nitrogens with one attached hydrogen (secondary N) is 1. The number of anilines is 1. The molecule has 0 heterocycles. The summed E-state index contributed by atoms with van der Waals surface area (Å²) >= 11 is 5.91. The normalized spacial score (nSPS) is 11.0. The summed E-state index contributed by atoms with van der Waals surface area (Å²) in [4.78, 5) is 10.6. The molecule has 0 saturated heterocycles. The van der Waals surface area contributed by atoms with Crippen molar-refractivity contribution in [1.29, 1.82) is 0 Å². The Balaban J connectivity index is 2.51. The van der Waals surface area contributed by atoms with E-state index < -0.39 is 16.0 Å². The molecule has 0 bridgehead atoms. The van der Waals surface area contributed by atoms with Gasteiger partial charge in [0.2, 0.25) is 0 Å².